The van der Waals surface area contributed by atoms with Crippen LogP contribution in [0.1, 0.15) is 43.4 Å². The molecule has 0 radical (unpaired) electrons. The van der Waals surface area contributed by atoms with Crippen LogP contribution >= 0.6 is 0 Å². The molecule has 0 bridgehead atoms. The first-order chi connectivity index (χ1) is 16.4. The summed E-state index contributed by atoms with van der Waals surface area (Å²) >= 11 is 0. The lowest BCUT2D eigenvalue weighted by Crippen LogP contribution is -2.28. The second kappa shape index (κ2) is 9.06. The van der Waals surface area contributed by atoms with E-state index in [4.69, 9.17) is 15.2 Å². The number of nitrogens with zero attached hydrogens (tertiary/aromatic N) is 2. The Balaban J connectivity index is 1.48. The number of hydrogen-bond acceptors (Lipinski definition) is 7. The topological polar surface area (TPSA) is 111 Å². The third-order valence-corrected chi connectivity index (χ3v) is 6.68. The third-order valence-electron chi connectivity index (χ3n) is 6.68. The van der Waals surface area contributed by atoms with E-state index in [1.807, 2.05) is 6.92 Å². The van der Waals surface area contributed by atoms with Crippen molar-refractivity contribution in [2.45, 2.75) is 45.1 Å². The van der Waals surface area contributed by atoms with Crippen molar-refractivity contribution in [3.63, 3.8) is 0 Å². The van der Waals surface area contributed by atoms with Crippen LogP contribution in [0.4, 0.5) is 26.4 Å². The minimum atomic E-state index is -0.580. The Labute approximate surface area is 197 Å². The molecule has 5 rings (SSSR count). The van der Waals surface area contributed by atoms with E-state index in [2.05, 4.69) is 27.5 Å². The van der Waals surface area contributed by atoms with Crippen LogP contribution < -0.4 is 16.4 Å². The van der Waals surface area contributed by atoms with Crippen molar-refractivity contribution in [3.8, 4) is 11.1 Å². The van der Waals surface area contributed by atoms with Crippen molar-refractivity contribution in [2.75, 3.05) is 36.1 Å². The number of aromatic nitrogens is 2. The minimum Gasteiger partial charge on any atom is -0.446 e. The summed E-state index contributed by atoms with van der Waals surface area (Å²) in [5.74, 6) is 0.135. The van der Waals surface area contributed by atoms with Gasteiger partial charge >= 0.3 is 6.09 Å². The lowest BCUT2D eigenvalue weighted by atomic mass is 9.91. The highest BCUT2D eigenvalue weighted by molar-refractivity contribution is 5.99. The molecule has 178 valence electrons. The van der Waals surface area contributed by atoms with E-state index in [0.29, 0.717) is 59.7 Å². The molecule has 1 fully saturated rings. The largest absolute Gasteiger partial charge is 0.446 e. The number of nitrogens with one attached hydrogen (secondary N) is 2. The molecule has 1 atom stereocenters. The molecule has 2 aromatic heterocycles. The number of ether oxygens (including phenoxy) is 2. The molecule has 2 aliphatic rings. The van der Waals surface area contributed by atoms with Crippen molar-refractivity contribution >= 4 is 34.1 Å². The zero-order valence-corrected chi connectivity index (χ0v) is 19.3. The fraction of sp³-hybridized carbons (Fsp3) is 0.400. The molecule has 1 aromatic carbocycles. The van der Waals surface area contributed by atoms with Gasteiger partial charge in [-0.05, 0) is 36.4 Å². The smallest absolute Gasteiger partial charge is 0.413 e. The van der Waals surface area contributed by atoms with Crippen LogP contribution in [0.15, 0.2) is 24.5 Å². The van der Waals surface area contributed by atoms with Crippen molar-refractivity contribution < 1.29 is 18.7 Å². The zero-order valence-electron chi connectivity index (χ0n) is 19.3. The number of rotatable bonds is 3. The molecular formula is C25H28FN5O3. The number of carbonyl (C=O) groups is 1. The van der Waals surface area contributed by atoms with Gasteiger partial charge in [0.25, 0.3) is 0 Å². The third kappa shape index (κ3) is 4.11. The number of halogens is 1. The second-order valence-electron chi connectivity index (χ2n) is 8.96. The van der Waals surface area contributed by atoms with Gasteiger partial charge in [0, 0.05) is 54.2 Å². The number of amides is 1. The van der Waals surface area contributed by atoms with Crippen LogP contribution in [0.25, 0.3) is 21.9 Å². The molecule has 1 saturated heterocycles. The summed E-state index contributed by atoms with van der Waals surface area (Å²) in [5.41, 5.74) is 10.1. The van der Waals surface area contributed by atoms with Crippen LogP contribution in [0.2, 0.25) is 0 Å². The zero-order chi connectivity index (χ0) is 23.8. The van der Waals surface area contributed by atoms with Gasteiger partial charge < -0.3 is 20.5 Å². The van der Waals surface area contributed by atoms with Gasteiger partial charge in [-0.2, -0.15) is 0 Å². The molecule has 0 aliphatic carbocycles. The number of pyridine rings is 2. The summed E-state index contributed by atoms with van der Waals surface area (Å²) in [5, 5.41) is 7.20. The number of carbonyl (C=O) groups excluding carboxylic acids is 1. The summed E-state index contributed by atoms with van der Waals surface area (Å²) in [6, 6.07) is 3.39. The molecule has 0 unspecified atom stereocenters. The summed E-state index contributed by atoms with van der Waals surface area (Å²) < 4.78 is 26.1. The minimum absolute atomic E-state index is 0.00906. The number of fused-ring (bicyclic) bond motifs is 2. The van der Waals surface area contributed by atoms with Gasteiger partial charge in [0.15, 0.2) is 5.82 Å². The summed E-state index contributed by atoms with van der Waals surface area (Å²) in [4.78, 5) is 21.2. The predicted octanol–water partition coefficient (Wildman–Crippen LogP) is 4.97. The Bertz CT molecular complexity index is 1260. The van der Waals surface area contributed by atoms with E-state index in [9.17, 15) is 4.79 Å². The highest BCUT2D eigenvalue weighted by Crippen LogP contribution is 2.40. The van der Waals surface area contributed by atoms with Crippen LogP contribution in [-0.4, -0.2) is 41.9 Å². The van der Waals surface area contributed by atoms with E-state index in [1.165, 1.54) is 6.20 Å². The van der Waals surface area contributed by atoms with Crippen LogP contribution in [0, 0.1) is 12.7 Å². The van der Waals surface area contributed by atoms with Gasteiger partial charge in [-0.15, -0.1) is 0 Å². The maximum absolute atomic E-state index is 15.4. The monoisotopic (exact) mass is 465 g/mol. The van der Waals surface area contributed by atoms with E-state index in [-0.39, 0.29) is 11.8 Å². The Morgan fingerprint density at radius 1 is 1.21 bits per heavy atom. The SMILES string of the molecule is Cc1c(-c2cc3cc(NC(=O)OC4CCOCC4)ncc3c(N)c2F)cnc2c1NCC[C@H]2C. The summed E-state index contributed by atoms with van der Waals surface area (Å²) in [6.07, 6.45) is 4.76. The fourth-order valence-electron chi connectivity index (χ4n) is 4.68. The predicted molar refractivity (Wildman–Crippen MR) is 130 cm³/mol. The van der Waals surface area contributed by atoms with E-state index in [0.717, 1.165) is 29.9 Å². The van der Waals surface area contributed by atoms with Gasteiger partial charge in [0.05, 0.1) is 30.3 Å². The van der Waals surface area contributed by atoms with Gasteiger partial charge in [-0.3, -0.25) is 10.3 Å². The molecule has 0 saturated carbocycles. The van der Waals surface area contributed by atoms with Crippen molar-refractivity contribution in [1.82, 2.24) is 9.97 Å². The van der Waals surface area contributed by atoms with Crippen molar-refractivity contribution in [2.24, 2.45) is 0 Å². The van der Waals surface area contributed by atoms with E-state index >= 15 is 4.39 Å². The Morgan fingerprint density at radius 2 is 2.00 bits per heavy atom. The van der Waals surface area contributed by atoms with E-state index in [1.54, 1.807) is 18.3 Å². The molecule has 4 N–H and O–H groups in total. The molecule has 9 heteroatoms. The van der Waals surface area contributed by atoms with Crippen LogP contribution in [-0.2, 0) is 9.47 Å². The molecular weight excluding hydrogens is 437 g/mol. The number of benzene rings is 1. The number of hydrogen-bond donors (Lipinski definition) is 3. The first kappa shape index (κ1) is 22.3. The normalized spacial score (nSPS) is 18.3. The highest BCUT2D eigenvalue weighted by atomic mass is 19.1. The number of nitrogens with two attached hydrogens (primary N) is 1. The molecule has 2 aliphatic heterocycles. The van der Waals surface area contributed by atoms with Gasteiger partial charge in [0.2, 0.25) is 0 Å². The average molecular weight is 466 g/mol. The lowest BCUT2D eigenvalue weighted by molar-refractivity contribution is 0.00590. The quantitative estimate of drug-likeness (QED) is 0.468. The van der Waals surface area contributed by atoms with Crippen LogP contribution in [0.5, 0.6) is 0 Å². The molecule has 4 heterocycles. The second-order valence-corrected chi connectivity index (χ2v) is 8.96. The molecule has 8 nitrogen and oxygen atoms in total. The van der Waals surface area contributed by atoms with Crippen molar-refractivity contribution in [1.29, 1.82) is 0 Å². The Kier molecular flexibility index (Phi) is 5.95. The standard InChI is InChI=1S/C25H28FN5O3/c1-13-3-6-28-24-14(2)18(11-30-23(13)24)17-9-15-10-20(29-12-19(15)22(27)21(17)26)31-25(32)34-16-4-7-33-8-5-16/h9-13,16,28H,3-8,27H2,1-2H3,(H,29,31,32)/t13-/m1/s1. The first-order valence-corrected chi connectivity index (χ1v) is 11.6. The van der Waals surface area contributed by atoms with E-state index < -0.39 is 11.9 Å². The van der Waals surface area contributed by atoms with Gasteiger partial charge in [-0.25, -0.2) is 14.2 Å². The number of anilines is 3. The summed E-state index contributed by atoms with van der Waals surface area (Å²) in [7, 11) is 0. The van der Waals surface area contributed by atoms with Gasteiger partial charge in [0.1, 0.15) is 11.9 Å². The van der Waals surface area contributed by atoms with Crippen molar-refractivity contribution in [3.05, 3.63) is 41.6 Å². The number of nitrogen functional groups attached to an aromatic ring is 1. The fourth-order valence-corrected chi connectivity index (χ4v) is 4.68. The Morgan fingerprint density at radius 3 is 2.79 bits per heavy atom. The maximum atomic E-state index is 15.4. The van der Waals surface area contributed by atoms with Gasteiger partial charge in [-0.1, -0.05) is 6.92 Å². The lowest BCUT2D eigenvalue weighted by Gasteiger charge is -2.26. The first-order valence-electron chi connectivity index (χ1n) is 11.6. The average Bonchev–Trinajstić information content (AvgIpc) is 2.83. The Hall–Kier alpha value is -3.46. The summed E-state index contributed by atoms with van der Waals surface area (Å²) in [6.45, 7) is 6.12. The molecule has 0 spiro atoms. The maximum Gasteiger partial charge on any atom is 0.413 e. The molecule has 3 aromatic rings. The molecule has 34 heavy (non-hydrogen) atoms. The van der Waals surface area contributed by atoms with Crippen LogP contribution in [0.3, 0.4) is 0 Å². The molecule has 1 amide bonds. The highest BCUT2D eigenvalue weighted by Gasteiger charge is 2.24.